The van der Waals surface area contributed by atoms with Gasteiger partial charge in [0.15, 0.2) is 0 Å². The number of carbonyl (C=O) groups is 2. The molecule has 0 aromatic heterocycles. The second-order valence-electron chi connectivity index (χ2n) is 3.89. The highest BCUT2D eigenvalue weighted by Gasteiger charge is 2.22. The smallest absolute Gasteiger partial charge is 0.315 e. The van der Waals surface area contributed by atoms with Gasteiger partial charge in [-0.25, -0.2) is 13.2 Å². The van der Waals surface area contributed by atoms with Crippen LogP contribution in [0.1, 0.15) is 6.92 Å². The van der Waals surface area contributed by atoms with Gasteiger partial charge < -0.3 is 15.2 Å². The number of amides is 1. The van der Waals surface area contributed by atoms with E-state index in [-0.39, 0.29) is 11.4 Å². The molecule has 1 amide bonds. The number of carbonyl (C=O) groups excluding carboxylic acids is 1. The largest absolute Gasteiger partial charge is 0.485 e. The van der Waals surface area contributed by atoms with Crippen molar-refractivity contribution >= 4 is 17.6 Å². The summed E-state index contributed by atoms with van der Waals surface area (Å²) < 4.78 is 41.8. The van der Waals surface area contributed by atoms with Crippen LogP contribution >= 0.6 is 0 Å². The molecule has 0 radical (unpaired) electrons. The molecular weight excluding hydrogens is 279 g/mol. The van der Waals surface area contributed by atoms with E-state index in [0.29, 0.717) is 0 Å². The Balaban J connectivity index is 2.88. The zero-order chi connectivity index (χ0) is 15.3. The van der Waals surface area contributed by atoms with Gasteiger partial charge in [0, 0.05) is 6.07 Å². The molecule has 0 aliphatic heterocycles. The minimum atomic E-state index is -2.76. The van der Waals surface area contributed by atoms with Crippen LogP contribution in [0.3, 0.4) is 0 Å². The quantitative estimate of drug-likeness (QED) is 0.787. The number of rotatable bonds is 6. The number of anilines is 1. The first-order chi connectivity index (χ1) is 9.31. The van der Waals surface area contributed by atoms with Crippen LogP contribution < -0.4 is 10.1 Å². The van der Waals surface area contributed by atoms with E-state index >= 15 is 0 Å². The summed E-state index contributed by atoms with van der Waals surface area (Å²) in [6.07, 6.45) is -2.76. The molecule has 20 heavy (non-hydrogen) atoms. The summed E-state index contributed by atoms with van der Waals surface area (Å²) in [4.78, 5) is 22.2. The van der Waals surface area contributed by atoms with E-state index in [2.05, 4.69) is 10.1 Å². The fraction of sp³-hybridized carbons (Fsp3) is 0.333. The van der Waals surface area contributed by atoms with E-state index in [4.69, 9.17) is 5.11 Å². The van der Waals surface area contributed by atoms with Gasteiger partial charge in [0.2, 0.25) is 5.91 Å². The molecule has 0 spiro atoms. The van der Waals surface area contributed by atoms with Gasteiger partial charge in [-0.05, 0) is 19.1 Å². The van der Waals surface area contributed by atoms with E-state index in [1.807, 2.05) is 0 Å². The number of hydrogen-bond acceptors (Lipinski definition) is 3. The van der Waals surface area contributed by atoms with E-state index < -0.39 is 36.6 Å². The summed E-state index contributed by atoms with van der Waals surface area (Å²) in [6, 6.07) is 2.91. The summed E-state index contributed by atoms with van der Waals surface area (Å²) in [5, 5.41) is 10.9. The molecule has 5 nitrogen and oxygen atoms in total. The molecule has 1 rings (SSSR count). The topological polar surface area (TPSA) is 75.6 Å². The lowest BCUT2D eigenvalue weighted by Crippen LogP contribution is -2.27. The number of hydrogen-bond donors (Lipinski definition) is 2. The highest BCUT2D eigenvalue weighted by molar-refractivity contribution is 6.04. The van der Waals surface area contributed by atoms with Crippen LogP contribution in [0.4, 0.5) is 18.9 Å². The van der Waals surface area contributed by atoms with Gasteiger partial charge in [-0.1, -0.05) is 0 Å². The molecule has 1 aromatic carbocycles. The minimum absolute atomic E-state index is 0.0786. The van der Waals surface area contributed by atoms with E-state index in [1.165, 1.54) is 0 Å². The van der Waals surface area contributed by atoms with Gasteiger partial charge in [-0.15, -0.1) is 0 Å². The van der Waals surface area contributed by atoms with Gasteiger partial charge in [0.25, 0.3) is 6.43 Å². The van der Waals surface area contributed by atoms with Crippen molar-refractivity contribution in [2.45, 2.75) is 13.3 Å². The van der Waals surface area contributed by atoms with E-state index in [9.17, 15) is 22.8 Å². The Bertz CT molecular complexity index is 507. The molecule has 0 aliphatic carbocycles. The van der Waals surface area contributed by atoms with Gasteiger partial charge in [-0.2, -0.15) is 0 Å². The van der Waals surface area contributed by atoms with Crippen molar-refractivity contribution in [2.75, 3.05) is 11.9 Å². The molecule has 1 aromatic rings. The Morgan fingerprint density at radius 2 is 2.05 bits per heavy atom. The van der Waals surface area contributed by atoms with Crippen molar-refractivity contribution in [3.8, 4) is 5.75 Å². The predicted molar refractivity (Wildman–Crippen MR) is 63.3 cm³/mol. The number of benzene rings is 1. The maximum atomic E-state index is 13.0. The second-order valence-corrected chi connectivity index (χ2v) is 3.89. The van der Waals surface area contributed by atoms with Gasteiger partial charge in [0.1, 0.15) is 24.1 Å². The first-order valence-corrected chi connectivity index (χ1v) is 5.55. The van der Waals surface area contributed by atoms with Gasteiger partial charge in [0.05, 0.1) is 5.69 Å². The van der Waals surface area contributed by atoms with Crippen LogP contribution in [0.5, 0.6) is 5.75 Å². The summed E-state index contributed by atoms with van der Waals surface area (Å²) in [5.74, 6) is -4.59. The van der Waals surface area contributed by atoms with Crippen molar-refractivity contribution in [1.82, 2.24) is 0 Å². The molecular formula is C12H12F3NO4. The summed E-state index contributed by atoms with van der Waals surface area (Å²) in [6.45, 7) is 0.182. The normalized spacial score (nSPS) is 12.1. The number of ether oxygens (including phenoxy) is 1. The van der Waals surface area contributed by atoms with Crippen molar-refractivity contribution in [2.24, 2.45) is 5.92 Å². The first kappa shape index (κ1) is 15.8. The minimum Gasteiger partial charge on any atom is -0.485 e. The molecule has 1 unspecified atom stereocenters. The molecule has 0 saturated carbocycles. The van der Waals surface area contributed by atoms with Crippen LogP contribution in [-0.2, 0) is 9.59 Å². The van der Waals surface area contributed by atoms with Crippen LogP contribution in [0.2, 0.25) is 0 Å². The van der Waals surface area contributed by atoms with Crippen molar-refractivity contribution in [3.63, 3.8) is 0 Å². The summed E-state index contributed by atoms with van der Waals surface area (Å²) in [7, 11) is 0. The fourth-order valence-electron chi connectivity index (χ4n) is 1.22. The average molecular weight is 291 g/mol. The third kappa shape index (κ3) is 4.45. The number of halogens is 3. The third-order valence-electron chi connectivity index (χ3n) is 2.33. The molecule has 0 heterocycles. The lowest BCUT2D eigenvalue weighted by Gasteiger charge is -2.13. The summed E-state index contributed by atoms with van der Waals surface area (Å²) in [5.41, 5.74) is -0.0786. The number of alkyl halides is 2. The van der Waals surface area contributed by atoms with Crippen molar-refractivity contribution in [1.29, 1.82) is 0 Å². The Kier molecular flexibility index (Phi) is 5.36. The van der Waals surface area contributed by atoms with Crippen LogP contribution in [0.15, 0.2) is 18.2 Å². The number of carboxylic acid groups (broad SMARTS) is 1. The van der Waals surface area contributed by atoms with Crippen molar-refractivity contribution in [3.05, 3.63) is 24.0 Å². The van der Waals surface area contributed by atoms with Gasteiger partial charge in [-0.3, -0.25) is 9.59 Å². The first-order valence-electron chi connectivity index (χ1n) is 5.55. The SMILES string of the molecule is CC(C(=O)O)C(=O)Nc1ccc(F)cc1OCC(F)F. The molecule has 2 N–H and O–H groups in total. The predicted octanol–water partition coefficient (Wildman–Crippen LogP) is 2.13. The van der Waals surface area contributed by atoms with Crippen LogP contribution in [-0.4, -0.2) is 30.0 Å². The Hall–Kier alpha value is -2.25. The molecule has 110 valence electrons. The zero-order valence-corrected chi connectivity index (χ0v) is 10.4. The highest BCUT2D eigenvalue weighted by atomic mass is 19.3. The number of nitrogens with one attached hydrogen (secondary N) is 1. The average Bonchev–Trinajstić information content (AvgIpc) is 2.37. The van der Waals surface area contributed by atoms with Crippen molar-refractivity contribution < 1.29 is 32.6 Å². The third-order valence-corrected chi connectivity index (χ3v) is 2.33. The molecule has 0 fully saturated rings. The standard InChI is InChI=1S/C12H12F3NO4/c1-6(12(18)19)11(17)16-8-3-2-7(13)4-9(8)20-5-10(14)15/h2-4,6,10H,5H2,1H3,(H,16,17)(H,18,19). The molecule has 0 saturated heterocycles. The monoisotopic (exact) mass is 291 g/mol. The number of carboxylic acids is 1. The van der Waals surface area contributed by atoms with E-state index in [0.717, 1.165) is 25.1 Å². The van der Waals surface area contributed by atoms with Gasteiger partial charge >= 0.3 is 5.97 Å². The maximum Gasteiger partial charge on any atom is 0.315 e. The molecule has 8 heteroatoms. The second kappa shape index (κ2) is 6.78. The highest BCUT2D eigenvalue weighted by Crippen LogP contribution is 2.26. The summed E-state index contributed by atoms with van der Waals surface area (Å²) >= 11 is 0. The lowest BCUT2D eigenvalue weighted by molar-refractivity contribution is -0.144. The molecule has 0 bridgehead atoms. The molecule has 1 atom stereocenters. The zero-order valence-electron chi connectivity index (χ0n) is 10.4. The number of aliphatic carboxylic acids is 1. The maximum absolute atomic E-state index is 13.0. The Morgan fingerprint density at radius 3 is 2.60 bits per heavy atom. The Labute approximate surface area is 112 Å². The fourth-order valence-corrected chi connectivity index (χ4v) is 1.22. The lowest BCUT2D eigenvalue weighted by atomic mass is 10.1. The van der Waals surface area contributed by atoms with Crippen LogP contribution in [0.25, 0.3) is 0 Å². The molecule has 0 aliphatic rings. The van der Waals surface area contributed by atoms with Crippen LogP contribution in [0, 0.1) is 11.7 Å². The Morgan fingerprint density at radius 1 is 1.40 bits per heavy atom. The van der Waals surface area contributed by atoms with E-state index in [1.54, 1.807) is 0 Å².